The summed E-state index contributed by atoms with van der Waals surface area (Å²) in [5.74, 6) is 0. The molecule has 182 valence electrons. The zero-order valence-electron chi connectivity index (χ0n) is 21.4. The first-order chi connectivity index (χ1) is 19.3. The van der Waals surface area contributed by atoms with Crippen LogP contribution in [0.15, 0.2) is 152 Å². The molecule has 0 saturated heterocycles. The minimum Gasteiger partial charge on any atom is -0.310 e. The lowest BCUT2D eigenvalue weighted by atomic mass is 9.77. The standard InChI is InChI=1S/C38H25N/c1-4-10-26(11-5-1)27-16-17-28-22-35-36-23-29-18-19-34(21-31(29)25-38(36)37(35)24-30(28)20-27)39(32-12-6-2-7-13-32)33-14-8-3-9-15-33/h1-25H. The smallest absolute Gasteiger partial charge is 0.0468 e. The van der Waals surface area contributed by atoms with Gasteiger partial charge in [0.15, 0.2) is 0 Å². The number of rotatable bonds is 4. The van der Waals surface area contributed by atoms with Crippen LogP contribution in [0, 0.1) is 0 Å². The maximum absolute atomic E-state index is 2.37. The van der Waals surface area contributed by atoms with Gasteiger partial charge in [0.05, 0.1) is 0 Å². The van der Waals surface area contributed by atoms with Gasteiger partial charge < -0.3 is 4.90 Å². The number of anilines is 3. The average Bonchev–Trinajstić information content (AvgIpc) is 3.01. The van der Waals surface area contributed by atoms with Crippen molar-refractivity contribution >= 4 is 38.6 Å². The maximum atomic E-state index is 2.37. The number of para-hydroxylation sites is 2. The van der Waals surface area contributed by atoms with E-state index in [9.17, 15) is 0 Å². The lowest BCUT2D eigenvalue weighted by molar-refractivity contribution is 1.29. The van der Waals surface area contributed by atoms with Gasteiger partial charge in [0.2, 0.25) is 0 Å². The molecule has 0 fully saturated rings. The van der Waals surface area contributed by atoms with Crippen molar-refractivity contribution in [2.24, 2.45) is 0 Å². The quantitative estimate of drug-likeness (QED) is 0.235. The molecular weight excluding hydrogens is 470 g/mol. The van der Waals surface area contributed by atoms with E-state index in [-0.39, 0.29) is 0 Å². The molecule has 0 bridgehead atoms. The normalized spacial score (nSPS) is 11.6. The molecule has 0 aromatic heterocycles. The topological polar surface area (TPSA) is 3.24 Å². The minimum absolute atomic E-state index is 1.15. The summed E-state index contributed by atoms with van der Waals surface area (Å²) in [6, 6.07) is 54.9. The van der Waals surface area contributed by atoms with Crippen LogP contribution in [-0.2, 0) is 0 Å². The van der Waals surface area contributed by atoms with Crippen molar-refractivity contribution in [1.82, 2.24) is 0 Å². The predicted octanol–water partition coefficient (Wildman–Crippen LogP) is 10.8. The fraction of sp³-hybridized carbons (Fsp3) is 0. The largest absolute Gasteiger partial charge is 0.310 e. The number of hydrogen-bond donors (Lipinski definition) is 0. The van der Waals surface area contributed by atoms with Gasteiger partial charge in [0.25, 0.3) is 0 Å². The SMILES string of the molecule is c1ccc(-c2ccc3cc4c(cc3c2)-c2cc3cc(N(c5ccccc5)c5ccccc5)ccc3cc2-4)cc1. The second-order valence-electron chi connectivity index (χ2n) is 10.3. The number of benzene rings is 7. The van der Waals surface area contributed by atoms with Crippen LogP contribution in [0.5, 0.6) is 0 Å². The Morgan fingerprint density at radius 2 is 0.744 bits per heavy atom. The lowest BCUT2D eigenvalue weighted by Gasteiger charge is -2.28. The highest BCUT2D eigenvalue weighted by Crippen LogP contribution is 2.51. The van der Waals surface area contributed by atoms with Crippen molar-refractivity contribution in [3.8, 4) is 33.4 Å². The molecule has 0 atom stereocenters. The molecule has 0 spiro atoms. The van der Waals surface area contributed by atoms with Crippen molar-refractivity contribution in [3.05, 3.63) is 152 Å². The zero-order chi connectivity index (χ0) is 25.8. The maximum Gasteiger partial charge on any atom is 0.0468 e. The fourth-order valence-corrected chi connectivity index (χ4v) is 5.96. The van der Waals surface area contributed by atoms with E-state index in [0.717, 1.165) is 17.1 Å². The highest BCUT2D eigenvalue weighted by Gasteiger charge is 2.24. The number of fused-ring (bicyclic) bond motifs is 6. The second-order valence-corrected chi connectivity index (χ2v) is 10.3. The van der Waals surface area contributed by atoms with Crippen LogP contribution in [-0.4, -0.2) is 0 Å². The van der Waals surface area contributed by atoms with Crippen molar-refractivity contribution < 1.29 is 0 Å². The Labute approximate surface area is 228 Å². The van der Waals surface area contributed by atoms with Crippen LogP contribution in [0.4, 0.5) is 17.1 Å². The van der Waals surface area contributed by atoms with Crippen molar-refractivity contribution in [3.63, 3.8) is 0 Å². The first-order valence-electron chi connectivity index (χ1n) is 13.4. The van der Waals surface area contributed by atoms with Crippen LogP contribution in [0.1, 0.15) is 0 Å². The molecule has 0 amide bonds. The van der Waals surface area contributed by atoms with E-state index in [2.05, 4.69) is 157 Å². The summed E-state index contributed by atoms with van der Waals surface area (Å²) in [6.07, 6.45) is 0. The Kier molecular flexibility index (Phi) is 4.89. The molecule has 7 aromatic rings. The van der Waals surface area contributed by atoms with Crippen molar-refractivity contribution in [2.45, 2.75) is 0 Å². The van der Waals surface area contributed by atoms with E-state index in [1.54, 1.807) is 0 Å². The molecule has 0 aliphatic heterocycles. The summed E-state index contributed by atoms with van der Waals surface area (Å²) in [6.45, 7) is 0. The summed E-state index contributed by atoms with van der Waals surface area (Å²) in [5.41, 5.74) is 11.4. The van der Waals surface area contributed by atoms with Gasteiger partial charge in [-0.3, -0.25) is 0 Å². The van der Waals surface area contributed by atoms with Gasteiger partial charge in [-0.1, -0.05) is 84.9 Å². The molecule has 0 heterocycles. The molecule has 1 heteroatoms. The Morgan fingerprint density at radius 3 is 1.31 bits per heavy atom. The van der Waals surface area contributed by atoms with E-state index in [4.69, 9.17) is 0 Å². The molecule has 1 aliphatic rings. The highest BCUT2D eigenvalue weighted by molar-refractivity contribution is 6.12. The van der Waals surface area contributed by atoms with Gasteiger partial charge in [-0.25, -0.2) is 0 Å². The van der Waals surface area contributed by atoms with Crippen molar-refractivity contribution in [1.29, 1.82) is 0 Å². The Balaban J connectivity index is 1.23. The second kappa shape index (κ2) is 8.72. The van der Waals surface area contributed by atoms with E-state index in [1.165, 1.54) is 54.9 Å². The molecular formula is C38H25N. The van der Waals surface area contributed by atoms with E-state index in [1.807, 2.05) is 0 Å². The van der Waals surface area contributed by atoms with E-state index in [0.29, 0.717) is 0 Å². The fourth-order valence-electron chi connectivity index (χ4n) is 5.96. The molecule has 1 aliphatic carbocycles. The average molecular weight is 496 g/mol. The molecule has 8 rings (SSSR count). The molecule has 7 aromatic carbocycles. The monoisotopic (exact) mass is 495 g/mol. The Hall–Kier alpha value is -5.14. The molecule has 1 nitrogen and oxygen atoms in total. The van der Waals surface area contributed by atoms with Crippen LogP contribution in [0.25, 0.3) is 54.9 Å². The Morgan fingerprint density at radius 1 is 0.282 bits per heavy atom. The van der Waals surface area contributed by atoms with Gasteiger partial charge in [0.1, 0.15) is 0 Å². The number of nitrogens with zero attached hydrogens (tertiary/aromatic N) is 1. The van der Waals surface area contributed by atoms with Gasteiger partial charge >= 0.3 is 0 Å². The predicted molar refractivity (Wildman–Crippen MR) is 166 cm³/mol. The van der Waals surface area contributed by atoms with Crippen LogP contribution in [0.3, 0.4) is 0 Å². The van der Waals surface area contributed by atoms with Gasteiger partial charge in [0, 0.05) is 17.1 Å². The lowest BCUT2D eigenvalue weighted by Crippen LogP contribution is -2.09. The zero-order valence-corrected chi connectivity index (χ0v) is 21.4. The van der Waals surface area contributed by atoms with Crippen molar-refractivity contribution in [2.75, 3.05) is 4.90 Å². The van der Waals surface area contributed by atoms with Crippen LogP contribution < -0.4 is 4.90 Å². The third-order valence-electron chi connectivity index (χ3n) is 7.91. The van der Waals surface area contributed by atoms with Crippen LogP contribution in [0.2, 0.25) is 0 Å². The molecule has 0 radical (unpaired) electrons. The van der Waals surface area contributed by atoms with Gasteiger partial charge in [-0.15, -0.1) is 0 Å². The van der Waals surface area contributed by atoms with E-state index < -0.39 is 0 Å². The summed E-state index contributed by atoms with van der Waals surface area (Å²) in [4.78, 5) is 2.32. The van der Waals surface area contributed by atoms with E-state index >= 15 is 0 Å². The Bertz CT molecular complexity index is 1950. The summed E-state index contributed by atoms with van der Waals surface area (Å²) >= 11 is 0. The third kappa shape index (κ3) is 3.63. The van der Waals surface area contributed by atoms with Gasteiger partial charge in [-0.2, -0.15) is 0 Å². The molecule has 0 unspecified atom stereocenters. The van der Waals surface area contributed by atoms with Crippen LogP contribution >= 0.6 is 0 Å². The van der Waals surface area contributed by atoms with Gasteiger partial charge in [-0.05, 0) is 122 Å². The number of hydrogen-bond acceptors (Lipinski definition) is 1. The molecule has 0 N–H and O–H groups in total. The highest BCUT2D eigenvalue weighted by atomic mass is 15.1. The minimum atomic E-state index is 1.15. The summed E-state index contributed by atoms with van der Waals surface area (Å²) in [5, 5.41) is 5.10. The molecule has 39 heavy (non-hydrogen) atoms. The first kappa shape index (κ1) is 21.9. The summed E-state index contributed by atoms with van der Waals surface area (Å²) in [7, 11) is 0. The first-order valence-corrected chi connectivity index (χ1v) is 13.4. The summed E-state index contributed by atoms with van der Waals surface area (Å²) < 4.78 is 0. The third-order valence-corrected chi connectivity index (χ3v) is 7.91. The molecule has 0 saturated carbocycles.